The second-order valence-corrected chi connectivity index (χ2v) is 4.39. The van der Waals surface area contributed by atoms with Crippen molar-refractivity contribution in [1.82, 2.24) is 0 Å². The number of fused-ring (bicyclic) bond motifs is 1. The van der Waals surface area contributed by atoms with Crippen LogP contribution in [-0.2, 0) is 4.79 Å². The maximum atomic E-state index is 11.4. The van der Waals surface area contributed by atoms with Gasteiger partial charge in [-0.25, -0.2) is 0 Å². The lowest BCUT2D eigenvalue weighted by molar-refractivity contribution is -0.122. The third-order valence-electron chi connectivity index (χ3n) is 2.74. The zero-order valence-electron chi connectivity index (χ0n) is 9.70. The van der Waals surface area contributed by atoms with Gasteiger partial charge >= 0.3 is 0 Å². The van der Waals surface area contributed by atoms with Crippen molar-refractivity contribution in [2.75, 3.05) is 11.1 Å². The smallest absolute Gasteiger partial charge is 0.265 e. The van der Waals surface area contributed by atoms with E-state index in [9.17, 15) is 4.79 Å². The maximum absolute atomic E-state index is 11.4. The molecule has 1 heterocycles. The first-order chi connectivity index (χ1) is 7.49. The minimum absolute atomic E-state index is 0.156. The van der Waals surface area contributed by atoms with E-state index < -0.39 is 6.10 Å². The summed E-state index contributed by atoms with van der Waals surface area (Å²) in [6.45, 7) is 5.90. The van der Waals surface area contributed by atoms with Gasteiger partial charge in [0.25, 0.3) is 5.91 Å². The largest absolute Gasteiger partial charge is 0.479 e. The molecule has 0 fully saturated rings. The normalized spacial score (nSPS) is 19.0. The number of rotatable bonds is 1. The van der Waals surface area contributed by atoms with Crippen LogP contribution in [-0.4, -0.2) is 12.0 Å². The Balaban J connectivity index is 2.48. The quantitative estimate of drug-likeness (QED) is 0.712. The number of nitrogens with one attached hydrogen (secondary N) is 1. The van der Waals surface area contributed by atoms with Gasteiger partial charge in [-0.2, -0.15) is 0 Å². The van der Waals surface area contributed by atoms with E-state index >= 15 is 0 Å². The molecular formula is C12H16N2O2. The molecule has 2 rings (SSSR count). The van der Waals surface area contributed by atoms with Gasteiger partial charge in [0.1, 0.15) is 11.4 Å². The van der Waals surface area contributed by atoms with Crippen molar-refractivity contribution in [3.63, 3.8) is 0 Å². The minimum atomic E-state index is -0.464. The van der Waals surface area contributed by atoms with Crippen molar-refractivity contribution in [3.05, 3.63) is 17.7 Å². The minimum Gasteiger partial charge on any atom is -0.479 e. The van der Waals surface area contributed by atoms with Gasteiger partial charge in [-0.15, -0.1) is 0 Å². The Morgan fingerprint density at radius 3 is 2.75 bits per heavy atom. The number of nitrogens with two attached hydrogens (primary N) is 1. The van der Waals surface area contributed by atoms with Crippen LogP contribution in [0.3, 0.4) is 0 Å². The summed E-state index contributed by atoms with van der Waals surface area (Å²) in [5.41, 5.74) is 8.15. The summed E-state index contributed by atoms with van der Waals surface area (Å²) in [5, 5.41) is 2.76. The lowest BCUT2D eigenvalue weighted by atomic mass is 10.0. The Hall–Kier alpha value is -1.71. The van der Waals surface area contributed by atoms with E-state index in [0.29, 0.717) is 23.0 Å². The standard InChI is InChI=1S/C12H16N2O2/c1-6(2)8-4-9(13)11-10(5-8)16-7(3)12(15)14-11/h4-7H,13H2,1-3H3,(H,14,15). The molecule has 0 spiro atoms. The Morgan fingerprint density at radius 1 is 1.44 bits per heavy atom. The van der Waals surface area contributed by atoms with Crippen molar-refractivity contribution in [1.29, 1.82) is 0 Å². The Bertz CT molecular complexity index is 441. The zero-order valence-corrected chi connectivity index (χ0v) is 9.70. The molecule has 1 aliphatic heterocycles. The SMILES string of the molecule is CC1Oc2cc(C(C)C)cc(N)c2NC1=O. The van der Waals surface area contributed by atoms with Crippen LogP contribution in [0, 0.1) is 0 Å². The number of amides is 1. The monoisotopic (exact) mass is 220 g/mol. The summed E-state index contributed by atoms with van der Waals surface area (Å²) in [6, 6.07) is 3.81. The van der Waals surface area contributed by atoms with Crippen LogP contribution in [0.4, 0.5) is 11.4 Å². The third-order valence-corrected chi connectivity index (χ3v) is 2.74. The first-order valence-corrected chi connectivity index (χ1v) is 5.40. The molecule has 4 nitrogen and oxygen atoms in total. The molecule has 0 saturated carbocycles. The van der Waals surface area contributed by atoms with Gasteiger partial charge in [-0.3, -0.25) is 4.79 Å². The van der Waals surface area contributed by atoms with E-state index in [1.807, 2.05) is 12.1 Å². The van der Waals surface area contributed by atoms with Crippen LogP contribution in [0.15, 0.2) is 12.1 Å². The van der Waals surface area contributed by atoms with E-state index in [0.717, 1.165) is 5.56 Å². The first kappa shape index (κ1) is 10.8. The highest BCUT2D eigenvalue weighted by molar-refractivity contribution is 6.00. The number of anilines is 2. The highest BCUT2D eigenvalue weighted by Gasteiger charge is 2.25. The molecule has 1 amide bonds. The molecule has 0 bridgehead atoms. The van der Waals surface area contributed by atoms with Crippen molar-refractivity contribution in [3.8, 4) is 5.75 Å². The van der Waals surface area contributed by atoms with E-state index in [2.05, 4.69) is 19.2 Å². The van der Waals surface area contributed by atoms with Gasteiger partial charge in [-0.1, -0.05) is 13.8 Å². The van der Waals surface area contributed by atoms with Crippen molar-refractivity contribution >= 4 is 17.3 Å². The average molecular weight is 220 g/mol. The molecule has 4 heteroatoms. The zero-order chi connectivity index (χ0) is 11.9. The summed E-state index contributed by atoms with van der Waals surface area (Å²) >= 11 is 0. The van der Waals surface area contributed by atoms with Gasteiger partial charge in [0.2, 0.25) is 0 Å². The number of benzene rings is 1. The fourth-order valence-corrected chi connectivity index (χ4v) is 1.69. The molecular weight excluding hydrogens is 204 g/mol. The van der Waals surface area contributed by atoms with Gasteiger partial charge in [-0.05, 0) is 30.5 Å². The second kappa shape index (κ2) is 3.70. The molecule has 1 atom stereocenters. The van der Waals surface area contributed by atoms with Crippen LogP contribution in [0.1, 0.15) is 32.3 Å². The maximum Gasteiger partial charge on any atom is 0.265 e. The van der Waals surface area contributed by atoms with E-state index in [4.69, 9.17) is 10.5 Å². The highest BCUT2D eigenvalue weighted by atomic mass is 16.5. The van der Waals surface area contributed by atoms with Gasteiger partial charge < -0.3 is 15.8 Å². The number of carbonyl (C=O) groups excluding carboxylic acids is 1. The molecule has 0 aliphatic carbocycles. The van der Waals surface area contributed by atoms with Crippen molar-refractivity contribution in [2.24, 2.45) is 0 Å². The fraction of sp³-hybridized carbons (Fsp3) is 0.417. The summed E-state index contributed by atoms with van der Waals surface area (Å²) in [5.74, 6) is 0.886. The third kappa shape index (κ3) is 1.71. The predicted octanol–water partition coefficient (Wildman–Crippen LogP) is 2.11. The van der Waals surface area contributed by atoms with Crippen molar-refractivity contribution in [2.45, 2.75) is 32.8 Å². The molecule has 0 saturated heterocycles. The van der Waals surface area contributed by atoms with Gasteiger partial charge in [0, 0.05) is 0 Å². The Kier molecular flexibility index (Phi) is 2.50. The lowest BCUT2D eigenvalue weighted by Crippen LogP contribution is -2.34. The number of nitrogen functional groups attached to an aromatic ring is 1. The van der Waals surface area contributed by atoms with Crippen LogP contribution in [0.5, 0.6) is 5.75 Å². The molecule has 16 heavy (non-hydrogen) atoms. The molecule has 1 aromatic carbocycles. The summed E-state index contributed by atoms with van der Waals surface area (Å²) < 4.78 is 5.52. The van der Waals surface area contributed by atoms with Gasteiger partial charge in [0.05, 0.1) is 5.69 Å². The molecule has 3 N–H and O–H groups in total. The molecule has 86 valence electrons. The molecule has 0 radical (unpaired) electrons. The van der Waals surface area contributed by atoms with Gasteiger partial charge in [0.15, 0.2) is 6.10 Å². The van der Waals surface area contributed by atoms with Crippen LogP contribution in [0.2, 0.25) is 0 Å². The fourth-order valence-electron chi connectivity index (χ4n) is 1.69. The first-order valence-electron chi connectivity index (χ1n) is 5.40. The number of carbonyl (C=O) groups is 1. The van der Waals surface area contributed by atoms with E-state index in [-0.39, 0.29) is 5.91 Å². The summed E-state index contributed by atoms with van der Waals surface area (Å²) in [4.78, 5) is 11.4. The number of hydrogen-bond acceptors (Lipinski definition) is 3. The Labute approximate surface area is 94.8 Å². The van der Waals surface area contributed by atoms with Crippen LogP contribution >= 0.6 is 0 Å². The molecule has 1 aliphatic rings. The van der Waals surface area contributed by atoms with E-state index in [1.54, 1.807) is 6.92 Å². The van der Waals surface area contributed by atoms with Crippen LogP contribution in [0.25, 0.3) is 0 Å². The molecule has 1 unspecified atom stereocenters. The predicted molar refractivity (Wildman–Crippen MR) is 63.7 cm³/mol. The summed E-state index contributed by atoms with van der Waals surface area (Å²) in [6.07, 6.45) is -0.464. The number of hydrogen-bond donors (Lipinski definition) is 2. The average Bonchev–Trinajstić information content (AvgIpc) is 2.20. The Morgan fingerprint density at radius 2 is 2.12 bits per heavy atom. The van der Waals surface area contributed by atoms with Crippen LogP contribution < -0.4 is 15.8 Å². The topological polar surface area (TPSA) is 64.3 Å². The number of ether oxygens (including phenoxy) is 1. The lowest BCUT2D eigenvalue weighted by Gasteiger charge is -2.25. The second-order valence-electron chi connectivity index (χ2n) is 4.39. The highest BCUT2D eigenvalue weighted by Crippen LogP contribution is 2.37. The molecule has 0 aromatic heterocycles. The molecule has 1 aromatic rings. The summed E-state index contributed by atoms with van der Waals surface area (Å²) in [7, 11) is 0. The van der Waals surface area contributed by atoms with Crippen molar-refractivity contribution < 1.29 is 9.53 Å². The van der Waals surface area contributed by atoms with E-state index in [1.165, 1.54) is 0 Å².